The van der Waals surface area contributed by atoms with Crippen LogP contribution < -0.4 is 5.32 Å². The van der Waals surface area contributed by atoms with Crippen LogP contribution in [0.3, 0.4) is 0 Å². The first-order chi connectivity index (χ1) is 12.1. The summed E-state index contributed by atoms with van der Waals surface area (Å²) in [5.74, 6) is -0.308. The quantitative estimate of drug-likeness (QED) is 0.706. The van der Waals surface area contributed by atoms with Crippen molar-refractivity contribution in [1.29, 1.82) is 0 Å². The highest BCUT2D eigenvalue weighted by Crippen LogP contribution is 2.11. The Bertz CT molecular complexity index is 827. The second-order valence-electron chi connectivity index (χ2n) is 6.00. The number of benzene rings is 1. The molecule has 0 fully saturated rings. The minimum Gasteiger partial charge on any atom is -0.323 e. The first kappa shape index (κ1) is 17.2. The number of aryl methyl sites for hydroxylation is 2. The molecule has 0 radical (unpaired) electrons. The zero-order valence-corrected chi connectivity index (χ0v) is 14.7. The first-order valence-corrected chi connectivity index (χ1v) is 8.53. The first-order valence-electron chi connectivity index (χ1n) is 8.15. The number of carbonyl (C=O) groups excluding carboxylic acids is 1. The van der Waals surface area contributed by atoms with Crippen LogP contribution in [-0.2, 0) is 24.3 Å². The largest absolute Gasteiger partial charge is 0.323 e. The Morgan fingerprint density at radius 3 is 2.64 bits per heavy atom. The molecular weight excluding hydrogens is 338 g/mol. The third-order valence-corrected chi connectivity index (χ3v) is 4.08. The number of nitrogens with one attached hydrogen (secondary N) is 1. The number of hydrogen-bond donors (Lipinski definition) is 1. The fraction of sp³-hybridized carbons (Fsp3) is 0.278. The zero-order chi connectivity index (χ0) is 17.6. The van der Waals surface area contributed by atoms with Crippen molar-refractivity contribution < 1.29 is 4.79 Å². The summed E-state index contributed by atoms with van der Waals surface area (Å²) < 4.78 is 3.50. The standard InChI is InChI=1S/C18H20ClN5O/c1-14(11-24-12-16(19)9-20-24)18(25)22-17-10-21-23(13-17)8-7-15-5-3-2-4-6-15/h2-6,9-10,12-14H,7-8,11H2,1H3,(H,22,25). The van der Waals surface area contributed by atoms with E-state index in [4.69, 9.17) is 11.6 Å². The number of anilines is 1. The van der Waals surface area contributed by atoms with Gasteiger partial charge in [0, 0.05) is 18.9 Å². The van der Waals surface area contributed by atoms with Crippen molar-refractivity contribution in [2.75, 3.05) is 5.32 Å². The number of aromatic nitrogens is 4. The van der Waals surface area contributed by atoms with E-state index in [1.54, 1.807) is 23.3 Å². The molecule has 0 saturated heterocycles. The number of hydrogen-bond acceptors (Lipinski definition) is 3. The monoisotopic (exact) mass is 357 g/mol. The van der Waals surface area contributed by atoms with Crippen molar-refractivity contribution in [2.45, 2.75) is 26.4 Å². The van der Waals surface area contributed by atoms with Crippen LogP contribution in [0, 0.1) is 5.92 Å². The number of amides is 1. The van der Waals surface area contributed by atoms with Crippen LogP contribution >= 0.6 is 11.6 Å². The van der Waals surface area contributed by atoms with Crippen molar-refractivity contribution >= 4 is 23.2 Å². The molecule has 1 N–H and O–H groups in total. The Morgan fingerprint density at radius 2 is 1.92 bits per heavy atom. The van der Waals surface area contributed by atoms with Gasteiger partial charge in [-0.3, -0.25) is 14.2 Å². The van der Waals surface area contributed by atoms with Gasteiger partial charge in [-0.2, -0.15) is 10.2 Å². The van der Waals surface area contributed by atoms with E-state index in [1.807, 2.05) is 36.0 Å². The lowest BCUT2D eigenvalue weighted by atomic mass is 10.1. The SMILES string of the molecule is CC(Cn1cc(Cl)cn1)C(=O)Nc1cnn(CCc2ccccc2)c1. The van der Waals surface area contributed by atoms with Crippen molar-refractivity contribution in [3.05, 3.63) is 65.7 Å². The van der Waals surface area contributed by atoms with Crippen molar-refractivity contribution in [3.8, 4) is 0 Å². The molecule has 1 amide bonds. The van der Waals surface area contributed by atoms with Crippen molar-refractivity contribution in [2.24, 2.45) is 5.92 Å². The topological polar surface area (TPSA) is 64.7 Å². The molecule has 0 spiro atoms. The molecule has 25 heavy (non-hydrogen) atoms. The summed E-state index contributed by atoms with van der Waals surface area (Å²) in [4.78, 5) is 12.3. The predicted octanol–water partition coefficient (Wildman–Crippen LogP) is 3.25. The van der Waals surface area contributed by atoms with E-state index in [2.05, 4.69) is 27.6 Å². The Kier molecular flexibility index (Phi) is 5.50. The van der Waals surface area contributed by atoms with E-state index in [1.165, 1.54) is 5.56 Å². The van der Waals surface area contributed by atoms with Gasteiger partial charge in [0.25, 0.3) is 0 Å². The average molecular weight is 358 g/mol. The summed E-state index contributed by atoms with van der Waals surface area (Å²) in [6, 6.07) is 10.2. The van der Waals surface area contributed by atoms with E-state index in [-0.39, 0.29) is 11.8 Å². The van der Waals surface area contributed by atoms with Gasteiger partial charge in [0.1, 0.15) is 0 Å². The molecule has 1 atom stereocenters. The third-order valence-electron chi connectivity index (χ3n) is 3.88. The number of rotatable bonds is 7. The third kappa shape index (κ3) is 4.93. The summed E-state index contributed by atoms with van der Waals surface area (Å²) in [5, 5.41) is 11.8. The minimum atomic E-state index is -0.233. The summed E-state index contributed by atoms with van der Waals surface area (Å²) in [7, 11) is 0. The van der Waals surface area contributed by atoms with Gasteiger partial charge in [0.15, 0.2) is 0 Å². The maximum Gasteiger partial charge on any atom is 0.229 e. The van der Waals surface area contributed by atoms with Crippen molar-refractivity contribution in [1.82, 2.24) is 19.6 Å². The highest BCUT2D eigenvalue weighted by molar-refractivity contribution is 6.30. The molecular formula is C18H20ClN5O. The van der Waals surface area contributed by atoms with Gasteiger partial charge in [0.2, 0.25) is 5.91 Å². The lowest BCUT2D eigenvalue weighted by Crippen LogP contribution is -2.24. The molecule has 0 saturated carbocycles. The van der Waals surface area contributed by atoms with E-state index in [0.717, 1.165) is 13.0 Å². The Balaban J connectivity index is 1.51. The number of carbonyl (C=O) groups is 1. The van der Waals surface area contributed by atoms with Crippen LogP contribution in [0.1, 0.15) is 12.5 Å². The summed E-state index contributed by atoms with van der Waals surface area (Å²) in [5.41, 5.74) is 1.96. The van der Waals surface area contributed by atoms with E-state index in [9.17, 15) is 4.79 Å². The molecule has 3 rings (SSSR count). The Morgan fingerprint density at radius 1 is 1.16 bits per heavy atom. The van der Waals surface area contributed by atoms with E-state index >= 15 is 0 Å². The van der Waals surface area contributed by atoms with E-state index in [0.29, 0.717) is 17.3 Å². The van der Waals surface area contributed by atoms with Gasteiger partial charge in [-0.15, -0.1) is 0 Å². The van der Waals surface area contributed by atoms with Crippen molar-refractivity contribution in [3.63, 3.8) is 0 Å². The number of nitrogens with zero attached hydrogens (tertiary/aromatic N) is 4. The van der Waals surface area contributed by atoms with Crippen LogP contribution in [0.2, 0.25) is 5.02 Å². The van der Waals surface area contributed by atoms with Gasteiger partial charge < -0.3 is 5.32 Å². The lowest BCUT2D eigenvalue weighted by Gasteiger charge is -2.11. The van der Waals surface area contributed by atoms with Crippen LogP contribution in [0.5, 0.6) is 0 Å². The smallest absolute Gasteiger partial charge is 0.229 e. The molecule has 0 aliphatic carbocycles. The summed E-state index contributed by atoms with van der Waals surface area (Å²) in [6.07, 6.45) is 7.67. The molecule has 1 aromatic carbocycles. The number of halogens is 1. The molecule has 0 bridgehead atoms. The van der Waals surface area contributed by atoms with Gasteiger partial charge in [-0.1, -0.05) is 48.9 Å². The Hall–Kier alpha value is -2.60. The molecule has 0 aliphatic rings. The van der Waals surface area contributed by atoms with Crippen LogP contribution in [0.15, 0.2) is 55.1 Å². The fourth-order valence-corrected chi connectivity index (χ4v) is 2.66. The maximum absolute atomic E-state index is 12.3. The molecule has 7 heteroatoms. The van der Waals surface area contributed by atoms with Gasteiger partial charge >= 0.3 is 0 Å². The zero-order valence-electron chi connectivity index (χ0n) is 14.0. The van der Waals surface area contributed by atoms with Crippen LogP contribution in [0.4, 0.5) is 5.69 Å². The normalized spacial score (nSPS) is 12.1. The molecule has 6 nitrogen and oxygen atoms in total. The van der Waals surface area contributed by atoms with E-state index < -0.39 is 0 Å². The molecule has 2 aromatic heterocycles. The summed E-state index contributed by atoms with van der Waals surface area (Å²) >= 11 is 5.84. The second-order valence-corrected chi connectivity index (χ2v) is 6.44. The molecule has 1 unspecified atom stereocenters. The highest BCUT2D eigenvalue weighted by atomic mass is 35.5. The average Bonchev–Trinajstić information content (AvgIpc) is 3.23. The second kappa shape index (κ2) is 7.98. The van der Waals surface area contributed by atoms with Gasteiger partial charge in [-0.25, -0.2) is 0 Å². The highest BCUT2D eigenvalue weighted by Gasteiger charge is 2.15. The maximum atomic E-state index is 12.3. The van der Waals surface area contributed by atoms with Gasteiger partial charge in [0.05, 0.1) is 35.6 Å². The van der Waals surface area contributed by atoms with Crippen LogP contribution in [-0.4, -0.2) is 25.5 Å². The van der Waals surface area contributed by atoms with Gasteiger partial charge in [-0.05, 0) is 12.0 Å². The summed E-state index contributed by atoms with van der Waals surface area (Å²) in [6.45, 7) is 3.09. The molecule has 130 valence electrons. The predicted molar refractivity (Wildman–Crippen MR) is 97.4 cm³/mol. The molecule has 2 heterocycles. The molecule has 0 aliphatic heterocycles. The molecule has 3 aromatic rings. The Labute approximate surface area is 151 Å². The van der Waals surface area contributed by atoms with Crippen LogP contribution in [0.25, 0.3) is 0 Å². The minimum absolute atomic E-state index is 0.0748. The fourth-order valence-electron chi connectivity index (χ4n) is 2.51. The lowest BCUT2D eigenvalue weighted by molar-refractivity contribution is -0.119.